The van der Waals surface area contributed by atoms with Crippen molar-refractivity contribution in [1.29, 1.82) is 0 Å². The Morgan fingerprint density at radius 1 is 1.26 bits per heavy atom. The molecule has 3 nitrogen and oxygen atoms in total. The fourth-order valence-electron chi connectivity index (χ4n) is 2.19. The summed E-state index contributed by atoms with van der Waals surface area (Å²) < 4.78 is 0. The van der Waals surface area contributed by atoms with Gasteiger partial charge in [-0.1, -0.05) is 46.3 Å². The van der Waals surface area contributed by atoms with Crippen LogP contribution < -0.4 is 5.32 Å². The van der Waals surface area contributed by atoms with Gasteiger partial charge in [-0.25, -0.2) is 0 Å². The maximum absolute atomic E-state index is 12.2. The summed E-state index contributed by atoms with van der Waals surface area (Å²) in [7, 11) is 0. The zero-order valence-corrected chi connectivity index (χ0v) is 11.9. The predicted octanol–water partition coefficient (Wildman–Crippen LogP) is 3.20. The fraction of sp³-hybridized carbons (Fsp3) is 0.267. The number of hydrogen-bond donors (Lipinski definition) is 2. The largest absolute Gasteiger partial charge is 0.506 e. The van der Waals surface area contributed by atoms with Crippen LogP contribution in [-0.2, 0) is 0 Å². The quantitative estimate of drug-likeness (QED) is 0.853. The number of alkyl halides is 1. The molecule has 0 radical (unpaired) electrons. The van der Waals surface area contributed by atoms with Crippen LogP contribution in [0.4, 0.5) is 0 Å². The Kier molecular flexibility index (Phi) is 2.97. The van der Waals surface area contributed by atoms with Gasteiger partial charge < -0.3 is 10.4 Å². The van der Waals surface area contributed by atoms with E-state index in [1.165, 1.54) is 0 Å². The highest BCUT2D eigenvalue weighted by atomic mass is 79.9. The molecule has 1 saturated carbocycles. The molecule has 0 aromatic heterocycles. The molecule has 4 heteroatoms. The topological polar surface area (TPSA) is 49.3 Å². The number of rotatable bonds is 3. The maximum atomic E-state index is 12.2. The van der Waals surface area contributed by atoms with Gasteiger partial charge in [0, 0.05) is 10.7 Å². The van der Waals surface area contributed by atoms with Gasteiger partial charge in [0.25, 0.3) is 5.91 Å². The molecule has 0 aliphatic heterocycles. The van der Waals surface area contributed by atoms with E-state index in [2.05, 4.69) is 21.2 Å². The number of aromatic hydroxyl groups is 1. The van der Waals surface area contributed by atoms with E-state index in [0.29, 0.717) is 10.9 Å². The minimum absolute atomic E-state index is 0.0565. The SMILES string of the molecule is O=C(NC1(CBr)CC1)c1ccc2ccccc2c1O. The number of phenols is 1. The Morgan fingerprint density at radius 3 is 2.68 bits per heavy atom. The van der Waals surface area contributed by atoms with E-state index < -0.39 is 0 Å². The molecule has 1 amide bonds. The first-order chi connectivity index (χ1) is 9.15. The molecule has 2 N–H and O–H groups in total. The zero-order chi connectivity index (χ0) is 13.5. The lowest BCUT2D eigenvalue weighted by atomic mass is 10.0. The van der Waals surface area contributed by atoms with Crippen LogP contribution in [0, 0.1) is 0 Å². The molecule has 0 saturated heterocycles. The smallest absolute Gasteiger partial charge is 0.255 e. The standard InChI is InChI=1S/C15H14BrNO2/c16-9-15(7-8-15)17-14(19)12-6-5-10-3-1-2-4-11(10)13(12)18/h1-6,18H,7-9H2,(H,17,19). The van der Waals surface area contributed by atoms with E-state index in [4.69, 9.17) is 0 Å². The summed E-state index contributed by atoms with van der Waals surface area (Å²) in [6, 6.07) is 11.0. The van der Waals surface area contributed by atoms with Crippen molar-refractivity contribution in [3.8, 4) is 5.75 Å². The average molecular weight is 320 g/mol. The number of fused-ring (bicyclic) bond motifs is 1. The molecule has 1 aliphatic rings. The minimum Gasteiger partial charge on any atom is -0.506 e. The van der Waals surface area contributed by atoms with E-state index in [9.17, 15) is 9.90 Å². The van der Waals surface area contributed by atoms with Gasteiger partial charge in [-0.05, 0) is 24.3 Å². The van der Waals surface area contributed by atoms with E-state index in [1.54, 1.807) is 6.07 Å². The Balaban J connectivity index is 1.96. The molecule has 0 unspecified atom stereocenters. The predicted molar refractivity (Wildman–Crippen MR) is 78.8 cm³/mol. The number of carbonyl (C=O) groups is 1. The normalized spacial score (nSPS) is 16.3. The van der Waals surface area contributed by atoms with Crippen LogP contribution in [0.3, 0.4) is 0 Å². The third-order valence-corrected chi connectivity index (χ3v) is 4.71. The molecule has 1 fully saturated rings. The Bertz CT molecular complexity index is 650. The summed E-state index contributed by atoms with van der Waals surface area (Å²) in [5.41, 5.74) is 0.223. The summed E-state index contributed by atoms with van der Waals surface area (Å²) in [6.07, 6.45) is 1.97. The summed E-state index contributed by atoms with van der Waals surface area (Å²) in [5.74, 6) is -0.152. The van der Waals surface area contributed by atoms with Crippen molar-refractivity contribution < 1.29 is 9.90 Å². The molecule has 0 spiro atoms. The van der Waals surface area contributed by atoms with Crippen molar-refractivity contribution in [3.05, 3.63) is 42.0 Å². The van der Waals surface area contributed by atoms with Gasteiger partial charge in [-0.2, -0.15) is 0 Å². The second-order valence-corrected chi connectivity index (χ2v) is 5.61. The first kappa shape index (κ1) is 12.5. The summed E-state index contributed by atoms with van der Waals surface area (Å²) in [4.78, 5) is 12.2. The number of hydrogen-bond acceptors (Lipinski definition) is 2. The molecule has 0 heterocycles. The van der Waals surface area contributed by atoms with Gasteiger partial charge in [-0.3, -0.25) is 4.79 Å². The lowest BCUT2D eigenvalue weighted by Gasteiger charge is -2.15. The summed E-state index contributed by atoms with van der Waals surface area (Å²) in [5, 5.41) is 15.6. The molecule has 1 aliphatic carbocycles. The molecule has 3 rings (SSSR count). The van der Waals surface area contributed by atoms with Gasteiger partial charge in [0.05, 0.1) is 11.1 Å². The molecular formula is C15H14BrNO2. The van der Waals surface area contributed by atoms with Crippen LogP contribution in [0.25, 0.3) is 10.8 Å². The van der Waals surface area contributed by atoms with Crippen LogP contribution >= 0.6 is 15.9 Å². The third kappa shape index (κ3) is 2.21. The molecular weight excluding hydrogens is 306 g/mol. The highest BCUT2D eigenvalue weighted by Gasteiger charge is 2.43. The van der Waals surface area contributed by atoms with E-state index in [-0.39, 0.29) is 17.2 Å². The highest BCUT2D eigenvalue weighted by Crippen LogP contribution is 2.38. The fourth-order valence-corrected chi connectivity index (χ4v) is 2.89. The molecule has 0 atom stereocenters. The molecule has 2 aromatic carbocycles. The number of nitrogens with one attached hydrogen (secondary N) is 1. The van der Waals surface area contributed by atoms with Gasteiger partial charge in [0.1, 0.15) is 5.75 Å². The van der Waals surface area contributed by atoms with Gasteiger partial charge >= 0.3 is 0 Å². The van der Waals surface area contributed by atoms with E-state index in [0.717, 1.165) is 23.6 Å². The first-order valence-electron chi connectivity index (χ1n) is 6.24. The Morgan fingerprint density at radius 2 is 2.00 bits per heavy atom. The van der Waals surface area contributed by atoms with Crippen molar-refractivity contribution in [1.82, 2.24) is 5.32 Å². The van der Waals surface area contributed by atoms with Crippen LogP contribution in [0.1, 0.15) is 23.2 Å². The maximum Gasteiger partial charge on any atom is 0.255 e. The van der Waals surface area contributed by atoms with Crippen molar-refractivity contribution in [3.63, 3.8) is 0 Å². The van der Waals surface area contributed by atoms with E-state index in [1.807, 2.05) is 30.3 Å². The number of halogens is 1. The lowest BCUT2D eigenvalue weighted by molar-refractivity contribution is 0.0934. The summed E-state index contributed by atoms with van der Waals surface area (Å²) in [6.45, 7) is 0. The van der Waals surface area contributed by atoms with Crippen LogP contribution in [0.15, 0.2) is 36.4 Å². The van der Waals surface area contributed by atoms with Gasteiger partial charge in [-0.15, -0.1) is 0 Å². The third-order valence-electron chi connectivity index (χ3n) is 3.63. The second-order valence-electron chi connectivity index (χ2n) is 5.05. The highest BCUT2D eigenvalue weighted by molar-refractivity contribution is 9.09. The minimum atomic E-state index is -0.208. The van der Waals surface area contributed by atoms with Crippen molar-refractivity contribution >= 4 is 32.6 Å². The van der Waals surface area contributed by atoms with Crippen molar-refractivity contribution in [2.24, 2.45) is 0 Å². The average Bonchev–Trinajstić information content (AvgIpc) is 3.19. The van der Waals surface area contributed by atoms with Crippen molar-refractivity contribution in [2.75, 3.05) is 5.33 Å². The molecule has 2 aromatic rings. The lowest BCUT2D eigenvalue weighted by Crippen LogP contribution is -2.38. The van der Waals surface area contributed by atoms with Crippen LogP contribution in [0.2, 0.25) is 0 Å². The number of amides is 1. The number of carbonyl (C=O) groups excluding carboxylic acids is 1. The summed E-state index contributed by atoms with van der Waals surface area (Å²) >= 11 is 3.42. The monoisotopic (exact) mass is 319 g/mol. The van der Waals surface area contributed by atoms with Gasteiger partial charge in [0.2, 0.25) is 0 Å². The molecule has 19 heavy (non-hydrogen) atoms. The Hall–Kier alpha value is -1.55. The van der Waals surface area contributed by atoms with E-state index >= 15 is 0 Å². The molecule has 0 bridgehead atoms. The van der Waals surface area contributed by atoms with Crippen molar-refractivity contribution in [2.45, 2.75) is 18.4 Å². The van der Waals surface area contributed by atoms with Crippen LogP contribution in [-0.4, -0.2) is 21.9 Å². The number of phenolic OH excluding ortho intramolecular Hbond substituents is 1. The number of benzene rings is 2. The zero-order valence-electron chi connectivity index (χ0n) is 10.3. The van der Waals surface area contributed by atoms with Crippen LogP contribution in [0.5, 0.6) is 5.75 Å². The Labute approximate surface area is 119 Å². The first-order valence-corrected chi connectivity index (χ1v) is 7.37. The second kappa shape index (κ2) is 4.53. The van der Waals surface area contributed by atoms with Gasteiger partial charge in [0.15, 0.2) is 0 Å². The molecule has 98 valence electrons.